The van der Waals surface area contributed by atoms with Crippen LogP contribution in [-0.4, -0.2) is 47.2 Å². The quantitative estimate of drug-likeness (QED) is 0.747. The van der Waals surface area contributed by atoms with Crippen LogP contribution in [0.3, 0.4) is 0 Å². The average molecular weight is 348 g/mol. The van der Waals surface area contributed by atoms with Crippen molar-refractivity contribution in [1.29, 1.82) is 0 Å². The second kappa shape index (κ2) is 8.80. The molecule has 6 heteroatoms. The van der Waals surface area contributed by atoms with E-state index in [0.29, 0.717) is 23.6 Å². The van der Waals surface area contributed by atoms with Gasteiger partial charge in [0.2, 0.25) is 0 Å². The lowest BCUT2D eigenvalue weighted by molar-refractivity contribution is 0.0701. The van der Waals surface area contributed by atoms with Gasteiger partial charge >= 0.3 is 5.97 Å². The molecule has 0 aliphatic rings. The van der Waals surface area contributed by atoms with Crippen molar-refractivity contribution in [2.24, 2.45) is 0 Å². The molecule has 0 radical (unpaired) electrons. The third-order valence-electron chi connectivity index (χ3n) is 3.88. The van der Waals surface area contributed by atoms with E-state index >= 15 is 0 Å². The van der Waals surface area contributed by atoms with Crippen LogP contribution in [-0.2, 0) is 6.42 Å². The van der Waals surface area contributed by atoms with Crippen molar-refractivity contribution in [3.63, 3.8) is 0 Å². The smallest absolute Gasteiger partial charge is 0.347 e. The van der Waals surface area contributed by atoms with Gasteiger partial charge in [0.05, 0.1) is 5.69 Å². The summed E-state index contributed by atoms with van der Waals surface area (Å²) in [4.78, 5) is 18.4. The number of likely N-dealkylation sites (N-methyl/N-ethyl adjacent to an activating group) is 1. The molecule has 5 nitrogen and oxygen atoms in total. The van der Waals surface area contributed by atoms with Gasteiger partial charge < -0.3 is 14.7 Å². The fraction of sp³-hybridized carbons (Fsp3) is 0.444. The Balaban J connectivity index is 2.11. The van der Waals surface area contributed by atoms with Crippen LogP contribution in [0.2, 0.25) is 0 Å². The van der Waals surface area contributed by atoms with Gasteiger partial charge in [-0.1, -0.05) is 32.9 Å². The van der Waals surface area contributed by atoms with E-state index in [4.69, 9.17) is 4.74 Å². The number of benzene rings is 1. The fourth-order valence-corrected chi connectivity index (χ4v) is 3.42. The van der Waals surface area contributed by atoms with Gasteiger partial charge in [0.25, 0.3) is 0 Å². The van der Waals surface area contributed by atoms with E-state index in [2.05, 4.69) is 23.7 Å². The number of carboxylic acid groups (broad SMARTS) is 1. The van der Waals surface area contributed by atoms with E-state index < -0.39 is 5.97 Å². The minimum absolute atomic E-state index is 0.320. The van der Waals surface area contributed by atoms with E-state index in [1.807, 2.05) is 31.2 Å². The SMILES string of the molecule is CCc1nc(-c2cccc(OCCN(CC)CC)c2)sc1C(=O)O. The molecule has 0 spiro atoms. The van der Waals surface area contributed by atoms with Gasteiger partial charge in [-0.15, -0.1) is 11.3 Å². The lowest BCUT2D eigenvalue weighted by atomic mass is 10.2. The maximum absolute atomic E-state index is 11.3. The van der Waals surface area contributed by atoms with Crippen LogP contribution in [0, 0.1) is 0 Å². The topological polar surface area (TPSA) is 62.7 Å². The Morgan fingerprint density at radius 1 is 1.29 bits per heavy atom. The number of aromatic carboxylic acids is 1. The molecule has 1 heterocycles. The molecule has 0 bridgehead atoms. The number of rotatable bonds is 9. The molecule has 0 aliphatic carbocycles. The van der Waals surface area contributed by atoms with Crippen molar-refractivity contribution >= 4 is 17.3 Å². The van der Waals surface area contributed by atoms with E-state index in [9.17, 15) is 9.90 Å². The first-order chi connectivity index (χ1) is 11.6. The summed E-state index contributed by atoms with van der Waals surface area (Å²) in [5.41, 5.74) is 1.53. The summed E-state index contributed by atoms with van der Waals surface area (Å²) in [6.45, 7) is 9.72. The Kier molecular flexibility index (Phi) is 6.75. The molecule has 1 aromatic carbocycles. The van der Waals surface area contributed by atoms with E-state index in [-0.39, 0.29) is 0 Å². The molecule has 0 saturated carbocycles. The highest BCUT2D eigenvalue weighted by Crippen LogP contribution is 2.30. The normalized spacial score (nSPS) is 11.0. The molecular weight excluding hydrogens is 324 g/mol. The summed E-state index contributed by atoms with van der Waals surface area (Å²) >= 11 is 1.22. The zero-order chi connectivity index (χ0) is 17.5. The number of hydrogen-bond donors (Lipinski definition) is 1. The summed E-state index contributed by atoms with van der Waals surface area (Å²) in [5.74, 6) is -0.132. The minimum Gasteiger partial charge on any atom is -0.492 e. The zero-order valence-electron chi connectivity index (χ0n) is 14.4. The van der Waals surface area contributed by atoms with Crippen LogP contribution in [0.25, 0.3) is 10.6 Å². The Labute approximate surface area is 146 Å². The maximum Gasteiger partial charge on any atom is 0.347 e. The third-order valence-corrected chi connectivity index (χ3v) is 5.01. The summed E-state index contributed by atoms with van der Waals surface area (Å²) in [6.07, 6.45) is 0.609. The van der Waals surface area contributed by atoms with Crippen LogP contribution in [0.4, 0.5) is 0 Å². The first-order valence-corrected chi connectivity index (χ1v) is 9.09. The largest absolute Gasteiger partial charge is 0.492 e. The predicted molar refractivity (Wildman–Crippen MR) is 97.2 cm³/mol. The van der Waals surface area contributed by atoms with Gasteiger partial charge in [-0.3, -0.25) is 0 Å². The number of ether oxygens (including phenoxy) is 1. The summed E-state index contributed by atoms with van der Waals surface area (Å²) in [5, 5.41) is 9.99. The van der Waals surface area contributed by atoms with Crippen molar-refractivity contribution < 1.29 is 14.6 Å². The molecule has 130 valence electrons. The Hall–Kier alpha value is -1.92. The van der Waals surface area contributed by atoms with Crippen molar-refractivity contribution in [2.75, 3.05) is 26.2 Å². The van der Waals surface area contributed by atoms with E-state index in [0.717, 1.165) is 36.0 Å². The molecule has 0 saturated heterocycles. The number of thiazole rings is 1. The summed E-state index contributed by atoms with van der Waals surface area (Å²) in [6, 6.07) is 7.68. The molecular formula is C18H24N2O3S. The van der Waals surface area contributed by atoms with Crippen molar-refractivity contribution in [3.8, 4) is 16.3 Å². The number of carboxylic acids is 1. The van der Waals surface area contributed by atoms with Crippen molar-refractivity contribution in [1.82, 2.24) is 9.88 Å². The van der Waals surface area contributed by atoms with Gasteiger partial charge in [0, 0.05) is 12.1 Å². The van der Waals surface area contributed by atoms with Gasteiger partial charge in [-0.2, -0.15) is 0 Å². The second-order valence-corrected chi connectivity index (χ2v) is 6.36. The molecule has 24 heavy (non-hydrogen) atoms. The number of carbonyl (C=O) groups is 1. The first kappa shape index (κ1) is 18.4. The lowest BCUT2D eigenvalue weighted by Gasteiger charge is -2.18. The number of nitrogens with zero attached hydrogens (tertiary/aromatic N) is 2. The zero-order valence-corrected chi connectivity index (χ0v) is 15.2. The molecule has 0 atom stereocenters. The van der Waals surface area contributed by atoms with E-state index in [1.165, 1.54) is 11.3 Å². The van der Waals surface area contributed by atoms with Gasteiger partial charge in [-0.25, -0.2) is 9.78 Å². The molecule has 2 aromatic rings. The molecule has 2 rings (SSSR count). The molecule has 1 aromatic heterocycles. The van der Waals surface area contributed by atoms with Gasteiger partial charge in [0.1, 0.15) is 22.2 Å². The standard InChI is InChI=1S/C18H24N2O3S/c1-4-15-16(18(21)22)24-17(19-15)13-8-7-9-14(12-13)23-11-10-20(5-2)6-3/h7-9,12H,4-6,10-11H2,1-3H3,(H,21,22). The van der Waals surface area contributed by atoms with Crippen LogP contribution in [0.1, 0.15) is 36.1 Å². The molecule has 0 amide bonds. The molecule has 0 fully saturated rings. The molecule has 1 N–H and O–H groups in total. The van der Waals surface area contributed by atoms with E-state index in [1.54, 1.807) is 0 Å². The van der Waals surface area contributed by atoms with Crippen molar-refractivity contribution in [2.45, 2.75) is 27.2 Å². The first-order valence-electron chi connectivity index (χ1n) is 8.27. The maximum atomic E-state index is 11.3. The minimum atomic E-state index is -0.915. The number of hydrogen-bond acceptors (Lipinski definition) is 5. The Morgan fingerprint density at radius 3 is 2.62 bits per heavy atom. The summed E-state index contributed by atoms with van der Waals surface area (Å²) in [7, 11) is 0. The van der Waals surface area contributed by atoms with Crippen LogP contribution in [0.15, 0.2) is 24.3 Å². The monoisotopic (exact) mass is 348 g/mol. The Bertz CT molecular complexity index is 681. The highest BCUT2D eigenvalue weighted by atomic mass is 32.1. The molecule has 0 unspecified atom stereocenters. The second-order valence-electron chi connectivity index (χ2n) is 5.36. The average Bonchev–Trinajstić information content (AvgIpc) is 3.04. The fourth-order valence-electron chi connectivity index (χ4n) is 2.43. The Morgan fingerprint density at radius 2 is 2.04 bits per heavy atom. The van der Waals surface area contributed by atoms with Crippen LogP contribution >= 0.6 is 11.3 Å². The van der Waals surface area contributed by atoms with Gasteiger partial charge in [0.15, 0.2) is 0 Å². The number of aryl methyl sites for hydroxylation is 1. The predicted octanol–water partition coefficient (Wildman–Crippen LogP) is 3.79. The van der Waals surface area contributed by atoms with Crippen LogP contribution in [0.5, 0.6) is 5.75 Å². The highest BCUT2D eigenvalue weighted by molar-refractivity contribution is 7.17. The lowest BCUT2D eigenvalue weighted by Crippen LogP contribution is -2.27. The molecule has 0 aliphatic heterocycles. The number of aromatic nitrogens is 1. The van der Waals surface area contributed by atoms with Crippen LogP contribution < -0.4 is 4.74 Å². The third kappa shape index (κ3) is 4.55. The highest BCUT2D eigenvalue weighted by Gasteiger charge is 2.17. The summed E-state index contributed by atoms with van der Waals surface area (Å²) < 4.78 is 5.83. The van der Waals surface area contributed by atoms with Gasteiger partial charge in [-0.05, 0) is 31.6 Å². The van der Waals surface area contributed by atoms with Crippen molar-refractivity contribution in [3.05, 3.63) is 34.8 Å².